The van der Waals surface area contributed by atoms with Crippen molar-refractivity contribution in [2.24, 2.45) is 0 Å². The Morgan fingerprint density at radius 1 is 1.11 bits per heavy atom. The predicted octanol–water partition coefficient (Wildman–Crippen LogP) is 4.26. The highest BCUT2D eigenvalue weighted by atomic mass is 16.3. The van der Waals surface area contributed by atoms with Crippen LogP contribution in [0.25, 0.3) is 0 Å². The van der Waals surface area contributed by atoms with Crippen LogP contribution >= 0.6 is 0 Å². The number of phenols is 1. The summed E-state index contributed by atoms with van der Waals surface area (Å²) in [5.41, 5.74) is 3.22. The van der Waals surface area contributed by atoms with Crippen LogP contribution in [-0.2, 0) is 0 Å². The molecule has 0 amide bonds. The maximum Gasteiger partial charge on any atom is 0.118 e. The van der Waals surface area contributed by atoms with Gasteiger partial charge in [-0.25, -0.2) is 0 Å². The Kier molecular flexibility index (Phi) is 3.88. The first-order valence-electron chi connectivity index (χ1n) is 6.32. The van der Waals surface area contributed by atoms with Crippen LogP contribution in [0.3, 0.4) is 0 Å². The van der Waals surface area contributed by atoms with Crippen molar-refractivity contribution >= 4 is 5.69 Å². The summed E-state index contributed by atoms with van der Waals surface area (Å²) in [5.74, 6) is 0.341. The maximum atomic E-state index is 9.52. The fourth-order valence-corrected chi connectivity index (χ4v) is 2.05. The van der Waals surface area contributed by atoms with Gasteiger partial charge in [-0.3, -0.25) is 0 Å². The zero-order valence-electron chi connectivity index (χ0n) is 10.9. The number of hydrogen-bond donors (Lipinski definition) is 2. The molecular weight excluding hydrogens is 222 g/mol. The van der Waals surface area contributed by atoms with E-state index >= 15 is 0 Å². The second-order valence-corrected chi connectivity index (χ2v) is 4.52. The van der Waals surface area contributed by atoms with Gasteiger partial charge in [0.05, 0.1) is 6.04 Å². The van der Waals surface area contributed by atoms with E-state index in [-0.39, 0.29) is 0 Å². The molecule has 0 aliphatic rings. The molecule has 0 bridgehead atoms. The van der Waals surface area contributed by atoms with Crippen molar-refractivity contribution in [3.05, 3.63) is 59.7 Å². The lowest BCUT2D eigenvalue weighted by molar-refractivity contribution is 0.471. The Morgan fingerprint density at radius 2 is 1.83 bits per heavy atom. The van der Waals surface area contributed by atoms with Crippen molar-refractivity contribution < 1.29 is 5.11 Å². The van der Waals surface area contributed by atoms with E-state index < -0.39 is 0 Å². The van der Waals surface area contributed by atoms with Crippen molar-refractivity contribution in [1.82, 2.24) is 0 Å². The maximum absolute atomic E-state index is 9.52. The Bertz CT molecular complexity index is 508. The molecule has 2 nitrogen and oxygen atoms in total. The van der Waals surface area contributed by atoms with Crippen LogP contribution in [0.15, 0.2) is 48.5 Å². The molecule has 0 aliphatic heterocycles. The molecule has 0 spiro atoms. The SMILES string of the molecule is CCC(Nc1ccc(O)c(C)c1)c1ccccc1. The van der Waals surface area contributed by atoms with E-state index in [1.54, 1.807) is 6.07 Å². The zero-order valence-corrected chi connectivity index (χ0v) is 10.9. The monoisotopic (exact) mass is 241 g/mol. The van der Waals surface area contributed by atoms with E-state index in [0.29, 0.717) is 11.8 Å². The molecule has 2 N–H and O–H groups in total. The van der Waals surface area contributed by atoms with Crippen LogP contribution in [0.2, 0.25) is 0 Å². The van der Waals surface area contributed by atoms with Crippen LogP contribution < -0.4 is 5.32 Å². The summed E-state index contributed by atoms with van der Waals surface area (Å²) in [6.07, 6.45) is 1.02. The van der Waals surface area contributed by atoms with Crippen molar-refractivity contribution in [3.63, 3.8) is 0 Å². The predicted molar refractivity (Wildman–Crippen MR) is 75.9 cm³/mol. The van der Waals surface area contributed by atoms with Crippen LogP contribution in [-0.4, -0.2) is 5.11 Å². The van der Waals surface area contributed by atoms with E-state index in [0.717, 1.165) is 17.7 Å². The van der Waals surface area contributed by atoms with Crippen LogP contribution in [0, 0.1) is 6.92 Å². The van der Waals surface area contributed by atoms with Crippen molar-refractivity contribution in [2.75, 3.05) is 5.32 Å². The second-order valence-electron chi connectivity index (χ2n) is 4.52. The van der Waals surface area contributed by atoms with Gasteiger partial charge >= 0.3 is 0 Å². The smallest absolute Gasteiger partial charge is 0.118 e. The molecule has 1 unspecified atom stereocenters. The molecule has 0 heterocycles. The Balaban J connectivity index is 2.18. The molecule has 1 atom stereocenters. The fraction of sp³-hybridized carbons (Fsp3) is 0.250. The minimum atomic E-state index is 0.301. The molecule has 2 aromatic rings. The van der Waals surface area contributed by atoms with Crippen molar-refractivity contribution in [1.29, 1.82) is 0 Å². The minimum absolute atomic E-state index is 0.301. The summed E-state index contributed by atoms with van der Waals surface area (Å²) in [7, 11) is 0. The number of rotatable bonds is 4. The molecular formula is C16H19NO. The minimum Gasteiger partial charge on any atom is -0.508 e. The normalized spacial score (nSPS) is 12.1. The van der Waals surface area contributed by atoms with Gasteiger partial charge in [0, 0.05) is 5.69 Å². The van der Waals surface area contributed by atoms with E-state index in [1.165, 1.54) is 5.56 Å². The van der Waals surface area contributed by atoms with E-state index in [1.807, 2.05) is 25.1 Å². The summed E-state index contributed by atoms with van der Waals surface area (Å²) in [5, 5.41) is 13.0. The lowest BCUT2D eigenvalue weighted by Crippen LogP contribution is -2.09. The van der Waals surface area contributed by atoms with Crippen LogP contribution in [0.5, 0.6) is 5.75 Å². The van der Waals surface area contributed by atoms with Crippen molar-refractivity contribution in [3.8, 4) is 5.75 Å². The number of benzene rings is 2. The largest absolute Gasteiger partial charge is 0.508 e. The van der Waals surface area contributed by atoms with Gasteiger partial charge in [-0.05, 0) is 42.7 Å². The van der Waals surface area contributed by atoms with Gasteiger partial charge in [0.15, 0.2) is 0 Å². The summed E-state index contributed by atoms with van der Waals surface area (Å²) in [4.78, 5) is 0. The van der Waals surface area contributed by atoms with E-state index in [9.17, 15) is 5.11 Å². The zero-order chi connectivity index (χ0) is 13.0. The Hall–Kier alpha value is -1.96. The van der Waals surface area contributed by atoms with E-state index in [4.69, 9.17) is 0 Å². The first kappa shape index (κ1) is 12.5. The van der Waals surface area contributed by atoms with Gasteiger partial charge in [0.2, 0.25) is 0 Å². The standard InChI is InChI=1S/C16H19NO/c1-3-15(13-7-5-4-6-8-13)17-14-9-10-16(18)12(2)11-14/h4-11,15,17-18H,3H2,1-2H3. The quantitative estimate of drug-likeness (QED) is 0.784. The molecule has 0 fully saturated rings. The highest BCUT2D eigenvalue weighted by Crippen LogP contribution is 2.25. The van der Waals surface area contributed by atoms with Gasteiger partial charge in [0.1, 0.15) is 5.75 Å². The summed E-state index contributed by atoms with van der Waals surface area (Å²) in [6.45, 7) is 4.07. The second kappa shape index (κ2) is 5.58. The summed E-state index contributed by atoms with van der Waals surface area (Å²) >= 11 is 0. The summed E-state index contributed by atoms with van der Waals surface area (Å²) < 4.78 is 0. The average Bonchev–Trinajstić information content (AvgIpc) is 2.41. The molecule has 2 aromatic carbocycles. The fourth-order valence-electron chi connectivity index (χ4n) is 2.05. The summed E-state index contributed by atoms with van der Waals surface area (Å²) in [6, 6.07) is 16.3. The van der Waals surface area contributed by atoms with Gasteiger partial charge in [-0.15, -0.1) is 0 Å². The van der Waals surface area contributed by atoms with Gasteiger partial charge in [-0.1, -0.05) is 37.3 Å². The van der Waals surface area contributed by atoms with Gasteiger partial charge in [0.25, 0.3) is 0 Å². The number of phenolic OH excluding ortho intramolecular Hbond substituents is 1. The number of anilines is 1. The molecule has 0 radical (unpaired) electrons. The number of hydrogen-bond acceptors (Lipinski definition) is 2. The van der Waals surface area contributed by atoms with Crippen molar-refractivity contribution in [2.45, 2.75) is 26.3 Å². The molecule has 0 saturated heterocycles. The average molecular weight is 241 g/mol. The van der Waals surface area contributed by atoms with Gasteiger partial charge < -0.3 is 10.4 Å². The number of aromatic hydroxyl groups is 1. The molecule has 2 heteroatoms. The van der Waals surface area contributed by atoms with Crippen LogP contribution in [0.1, 0.15) is 30.5 Å². The highest BCUT2D eigenvalue weighted by molar-refractivity contribution is 5.51. The molecule has 18 heavy (non-hydrogen) atoms. The molecule has 0 saturated carbocycles. The molecule has 2 rings (SSSR count). The number of aryl methyl sites for hydroxylation is 1. The Morgan fingerprint density at radius 3 is 2.44 bits per heavy atom. The highest BCUT2D eigenvalue weighted by Gasteiger charge is 2.08. The molecule has 0 aliphatic carbocycles. The lowest BCUT2D eigenvalue weighted by Gasteiger charge is -2.19. The van der Waals surface area contributed by atoms with E-state index in [2.05, 4.69) is 36.5 Å². The Labute approximate surface area is 108 Å². The van der Waals surface area contributed by atoms with Gasteiger partial charge in [-0.2, -0.15) is 0 Å². The third-order valence-electron chi connectivity index (χ3n) is 3.15. The third-order valence-corrected chi connectivity index (χ3v) is 3.15. The molecule has 94 valence electrons. The first-order chi connectivity index (χ1) is 8.70. The first-order valence-corrected chi connectivity index (χ1v) is 6.32. The third kappa shape index (κ3) is 2.83. The molecule has 0 aromatic heterocycles. The van der Waals surface area contributed by atoms with Crippen LogP contribution in [0.4, 0.5) is 5.69 Å². The topological polar surface area (TPSA) is 32.3 Å². The number of nitrogens with one attached hydrogen (secondary N) is 1. The lowest BCUT2D eigenvalue weighted by atomic mass is 10.0.